The van der Waals surface area contributed by atoms with E-state index in [0.29, 0.717) is 0 Å². The molecule has 0 heterocycles. The average molecular weight is 326 g/mol. The van der Waals surface area contributed by atoms with E-state index in [9.17, 15) is 0 Å². The quantitative estimate of drug-likeness (QED) is 0.640. The van der Waals surface area contributed by atoms with Crippen LogP contribution in [-0.2, 0) is 0 Å². The summed E-state index contributed by atoms with van der Waals surface area (Å²) < 4.78 is 11.8. The zero-order valence-corrected chi connectivity index (χ0v) is 15.3. The van der Waals surface area contributed by atoms with Gasteiger partial charge in [-0.25, -0.2) is 0 Å². The minimum Gasteiger partial charge on any atom is -0.465 e. The molecule has 0 aliphatic carbocycles. The van der Waals surface area contributed by atoms with E-state index in [1.807, 2.05) is 90.1 Å². The Morgan fingerprint density at radius 1 is 0.583 bits per heavy atom. The molecule has 2 aromatic carbocycles. The van der Waals surface area contributed by atoms with Crippen LogP contribution in [0.15, 0.2) is 58.8 Å². The number of azo groups is 1. The molecule has 4 heteroatoms. The van der Waals surface area contributed by atoms with Gasteiger partial charge in [-0.15, -0.1) is 10.2 Å². The molecular weight excluding hydrogens is 300 g/mol. The number of nitrogens with zero attached hydrogens (tertiary/aromatic N) is 2. The molecule has 24 heavy (non-hydrogen) atoms. The van der Waals surface area contributed by atoms with E-state index in [1.165, 1.54) is 11.1 Å². The molecule has 0 aliphatic rings. The van der Waals surface area contributed by atoms with Crippen molar-refractivity contribution in [3.05, 3.63) is 59.7 Å². The third-order valence-corrected chi connectivity index (χ3v) is 3.31. The lowest BCUT2D eigenvalue weighted by atomic mass is 10.2. The van der Waals surface area contributed by atoms with Crippen molar-refractivity contribution in [1.29, 1.82) is 0 Å². The summed E-state index contributed by atoms with van der Waals surface area (Å²) in [6.07, 6.45) is 0. The molecule has 0 aliphatic heterocycles. The summed E-state index contributed by atoms with van der Waals surface area (Å²) in [5.74, 6) is 1.53. The van der Waals surface area contributed by atoms with Crippen molar-refractivity contribution in [3.8, 4) is 11.5 Å². The lowest BCUT2D eigenvalue weighted by Crippen LogP contribution is -2.29. The maximum Gasteiger partial charge on any atom is 0.213 e. The van der Waals surface area contributed by atoms with Gasteiger partial charge in [-0.2, -0.15) is 0 Å². The largest absolute Gasteiger partial charge is 0.465 e. The maximum absolute atomic E-state index is 5.90. The van der Waals surface area contributed by atoms with Gasteiger partial charge >= 0.3 is 0 Å². The van der Waals surface area contributed by atoms with Crippen LogP contribution in [0.2, 0.25) is 0 Å². The fourth-order valence-electron chi connectivity index (χ4n) is 2.07. The molecule has 0 saturated heterocycles. The third kappa shape index (κ3) is 5.69. The van der Waals surface area contributed by atoms with Gasteiger partial charge in [-0.1, -0.05) is 35.4 Å². The molecule has 2 rings (SSSR count). The number of rotatable bonds is 6. The number of hydrogen-bond acceptors (Lipinski definition) is 4. The van der Waals surface area contributed by atoms with Crippen LogP contribution in [0.4, 0.5) is 0 Å². The van der Waals surface area contributed by atoms with Crippen molar-refractivity contribution < 1.29 is 9.47 Å². The zero-order valence-electron chi connectivity index (χ0n) is 15.3. The molecule has 0 saturated carbocycles. The van der Waals surface area contributed by atoms with Gasteiger partial charge in [0.2, 0.25) is 11.4 Å². The van der Waals surface area contributed by atoms with Crippen LogP contribution in [0.1, 0.15) is 38.8 Å². The Hall–Kier alpha value is -2.36. The van der Waals surface area contributed by atoms with Crippen molar-refractivity contribution in [2.75, 3.05) is 0 Å². The lowest BCUT2D eigenvalue weighted by molar-refractivity contribution is 0.0720. The standard InChI is InChI=1S/C20H26N2O2/c1-15-7-11-17(12-8-15)23-19(3,4)21-22-20(5,6)24-18-13-9-16(2)10-14-18/h7-14H,1-6H3/b22-21+. The second kappa shape index (κ2) is 7.04. The van der Waals surface area contributed by atoms with Crippen LogP contribution in [0.5, 0.6) is 11.5 Å². The first-order valence-corrected chi connectivity index (χ1v) is 8.11. The average Bonchev–Trinajstić information content (AvgIpc) is 2.50. The van der Waals surface area contributed by atoms with Gasteiger partial charge in [0, 0.05) is 0 Å². The molecule has 0 unspecified atom stereocenters. The van der Waals surface area contributed by atoms with E-state index in [2.05, 4.69) is 10.2 Å². The minimum atomic E-state index is -0.775. The molecule has 0 bridgehead atoms. The molecule has 0 spiro atoms. The molecule has 0 radical (unpaired) electrons. The van der Waals surface area contributed by atoms with Crippen LogP contribution in [-0.4, -0.2) is 11.4 Å². The summed E-state index contributed by atoms with van der Waals surface area (Å²) in [7, 11) is 0. The molecule has 4 nitrogen and oxygen atoms in total. The number of aryl methyl sites for hydroxylation is 2. The second-order valence-electron chi connectivity index (χ2n) is 6.92. The first kappa shape index (κ1) is 18.0. The fraction of sp³-hybridized carbons (Fsp3) is 0.400. The van der Waals surface area contributed by atoms with E-state index in [4.69, 9.17) is 9.47 Å². The van der Waals surface area contributed by atoms with Gasteiger partial charge in [0.1, 0.15) is 11.5 Å². The summed E-state index contributed by atoms with van der Waals surface area (Å²) in [5, 5.41) is 8.67. The maximum atomic E-state index is 5.90. The smallest absolute Gasteiger partial charge is 0.213 e. The fourth-order valence-corrected chi connectivity index (χ4v) is 2.07. The SMILES string of the molecule is Cc1ccc(OC(C)(C)/N=N/C(C)(C)Oc2ccc(C)cc2)cc1. The van der Waals surface area contributed by atoms with Crippen molar-refractivity contribution >= 4 is 0 Å². The molecule has 0 atom stereocenters. The van der Waals surface area contributed by atoms with Gasteiger partial charge in [0.05, 0.1) is 0 Å². The van der Waals surface area contributed by atoms with Crippen LogP contribution < -0.4 is 9.47 Å². The second-order valence-corrected chi connectivity index (χ2v) is 6.92. The van der Waals surface area contributed by atoms with E-state index in [-0.39, 0.29) is 0 Å². The summed E-state index contributed by atoms with van der Waals surface area (Å²) in [6.45, 7) is 11.6. The Kier molecular flexibility index (Phi) is 5.27. The van der Waals surface area contributed by atoms with E-state index < -0.39 is 11.4 Å². The Morgan fingerprint density at radius 2 is 0.875 bits per heavy atom. The molecule has 0 aromatic heterocycles. The monoisotopic (exact) mass is 326 g/mol. The van der Waals surface area contributed by atoms with Gasteiger partial charge in [-0.3, -0.25) is 0 Å². The molecule has 0 fully saturated rings. The Balaban J connectivity index is 2.03. The van der Waals surface area contributed by atoms with Crippen molar-refractivity contribution in [3.63, 3.8) is 0 Å². The molecular formula is C20H26N2O2. The lowest BCUT2D eigenvalue weighted by Gasteiger charge is -2.25. The van der Waals surface area contributed by atoms with Gasteiger partial charge in [0.25, 0.3) is 0 Å². The topological polar surface area (TPSA) is 43.2 Å². The van der Waals surface area contributed by atoms with Gasteiger partial charge in [0.15, 0.2) is 0 Å². The van der Waals surface area contributed by atoms with Crippen LogP contribution in [0.3, 0.4) is 0 Å². The van der Waals surface area contributed by atoms with Crippen LogP contribution in [0, 0.1) is 13.8 Å². The summed E-state index contributed by atoms with van der Waals surface area (Å²) in [4.78, 5) is 0. The molecule has 0 amide bonds. The summed E-state index contributed by atoms with van der Waals surface area (Å²) in [5.41, 5.74) is 0.829. The van der Waals surface area contributed by atoms with E-state index >= 15 is 0 Å². The number of benzene rings is 2. The number of hydrogen-bond donors (Lipinski definition) is 0. The normalized spacial score (nSPS) is 12.4. The van der Waals surface area contributed by atoms with Crippen LogP contribution >= 0.6 is 0 Å². The third-order valence-electron chi connectivity index (χ3n) is 3.31. The van der Waals surface area contributed by atoms with E-state index in [0.717, 1.165) is 11.5 Å². The first-order valence-electron chi connectivity index (χ1n) is 8.11. The molecule has 128 valence electrons. The van der Waals surface area contributed by atoms with Gasteiger partial charge in [-0.05, 0) is 65.8 Å². The summed E-state index contributed by atoms with van der Waals surface area (Å²) in [6, 6.07) is 15.8. The Labute approximate surface area is 144 Å². The Morgan fingerprint density at radius 3 is 1.17 bits per heavy atom. The number of ether oxygens (including phenoxy) is 2. The van der Waals surface area contributed by atoms with Crippen LogP contribution in [0.25, 0.3) is 0 Å². The zero-order chi connectivity index (χ0) is 17.8. The Bertz CT molecular complexity index is 625. The minimum absolute atomic E-state index is 0.766. The molecule has 2 aromatic rings. The van der Waals surface area contributed by atoms with Crippen molar-refractivity contribution in [2.45, 2.75) is 53.0 Å². The highest BCUT2D eigenvalue weighted by Crippen LogP contribution is 2.24. The van der Waals surface area contributed by atoms with E-state index in [1.54, 1.807) is 0 Å². The predicted octanol–water partition coefficient (Wildman–Crippen LogP) is 5.69. The van der Waals surface area contributed by atoms with Crippen molar-refractivity contribution in [1.82, 2.24) is 0 Å². The highest BCUT2D eigenvalue weighted by molar-refractivity contribution is 5.27. The predicted molar refractivity (Wildman–Crippen MR) is 96.6 cm³/mol. The first-order chi connectivity index (χ1) is 11.2. The molecule has 0 N–H and O–H groups in total. The summed E-state index contributed by atoms with van der Waals surface area (Å²) >= 11 is 0. The highest BCUT2D eigenvalue weighted by Gasteiger charge is 2.24. The highest BCUT2D eigenvalue weighted by atomic mass is 16.5. The van der Waals surface area contributed by atoms with Gasteiger partial charge < -0.3 is 9.47 Å². The van der Waals surface area contributed by atoms with Crippen molar-refractivity contribution in [2.24, 2.45) is 10.2 Å².